The first-order chi connectivity index (χ1) is 11.2. The van der Waals surface area contributed by atoms with Gasteiger partial charge in [-0.15, -0.1) is 36.2 Å². The van der Waals surface area contributed by atoms with Crippen LogP contribution in [0.1, 0.15) is 40.7 Å². The second-order valence-corrected chi connectivity index (χ2v) is 7.16. The molecule has 0 saturated heterocycles. The van der Waals surface area contributed by atoms with Gasteiger partial charge in [0.1, 0.15) is 12.4 Å². The molecular weight excluding hydrogens is 379 g/mol. The Hall–Kier alpha value is -0.920. The van der Waals surface area contributed by atoms with Crippen LogP contribution in [0.2, 0.25) is 0 Å². The lowest BCUT2D eigenvalue weighted by Crippen LogP contribution is -2.35. The molecule has 0 amide bonds. The highest BCUT2D eigenvalue weighted by atomic mass is 35.5. The number of aryl methyl sites for hydroxylation is 1. The predicted molar refractivity (Wildman–Crippen MR) is 108 cm³/mol. The van der Waals surface area contributed by atoms with Crippen molar-refractivity contribution in [2.75, 3.05) is 19.0 Å². The molecule has 0 spiro atoms. The summed E-state index contributed by atoms with van der Waals surface area (Å²) >= 11 is 1.81. The first-order valence-electron chi connectivity index (χ1n) is 8.05. The van der Waals surface area contributed by atoms with Gasteiger partial charge in [-0.1, -0.05) is 0 Å². The summed E-state index contributed by atoms with van der Waals surface area (Å²) in [6.07, 6.45) is 3.03. The summed E-state index contributed by atoms with van der Waals surface area (Å²) in [6.45, 7) is 3.46. The molecular formula is C17H26Cl2N4OS. The van der Waals surface area contributed by atoms with Crippen molar-refractivity contribution in [3.05, 3.63) is 39.5 Å². The lowest BCUT2D eigenvalue weighted by Gasteiger charge is -2.32. The van der Waals surface area contributed by atoms with Crippen LogP contribution >= 0.6 is 36.2 Å². The van der Waals surface area contributed by atoms with Gasteiger partial charge in [0, 0.05) is 42.3 Å². The summed E-state index contributed by atoms with van der Waals surface area (Å²) in [5, 5.41) is 5.58. The van der Waals surface area contributed by atoms with E-state index in [0.29, 0.717) is 18.6 Å². The zero-order valence-electron chi connectivity index (χ0n) is 14.5. The molecule has 1 aliphatic carbocycles. The Morgan fingerprint density at radius 3 is 2.68 bits per heavy atom. The number of aromatic nitrogens is 2. The van der Waals surface area contributed by atoms with Crippen LogP contribution in [0.15, 0.2) is 17.5 Å². The van der Waals surface area contributed by atoms with Crippen molar-refractivity contribution in [2.45, 2.75) is 44.8 Å². The zero-order valence-corrected chi connectivity index (χ0v) is 17.0. The van der Waals surface area contributed by atoms with Crippen molar-refractivity contribution in [2.24, 2.45) is 5.73 Å². The average Bonchev–Trinajstić information content (AvgIpc) is 2.90. The van der Waals surface area contributed by atoms with Crippen molar-refractivity contribution >= 4 is 42.0 Å². The van der Waals surface area contributed by atoms with Gasteiger partial charge in [-0.05, 0) is 43.2 Å². The summed E-state index contributed by atoms with van der Waals surface area (Å²) in [6, 6.07) is 4.55. The van der Waals surface area contributed by atoms with Crippen LogP contribution in [0.25, 0.3) is 0 Å². The molecule has 2 aromatic heterocycles. The maximum Gasteiger partial charge on any atom is 0.156 e. The first-order valence-corrected chi connectivity index (χ1v) is 8.93. The number of methoxy groups -OCH3 is 1. The third kappa shape index (κ3) is 5.79. The van der Waals surface area contributed by atoms with Crippen LogP contribution in [-0.4, -0.2) is 29.7 Å². The van der Waals surface area contributed by atoms with E-state index < -0.39 is 0 Å². The van der Waals surface area contributed by atoms with E-state index in [0.717, 1.165) is 43.1 Å². The van der Waals surface area contributed by atoms with E-state index in [1.807, 2.05) is 11.3 Å². The minimum Gasteiger partial charge on any atom is -0.377 e. The van der Waals surface area contributed by atoms with Crippen molar-refractivity contribution in [3.8, 4) is 0 Å². The van der Waals surface area contributed by atoms with Crippen LogP contribution < -0.4 is 11.1 Å². The third-order valence-electron chi connectivity index (χ3n) is 4.28. The summed E-state index contributed by atoms with van der Waals surface area (Å²) in [5.41, 5.74) is 8.36. The molecule has 0 radical (unpaired) electrons. The molecule has 3 N–H and O–H groups in total. The molecule has 2 heterocycles. The number of nitrogens with two attached hydrogens (primary N) is 1. The molecule has 0 atom stereocenters. The summed E-state index contributed by atoms with van der Waals surface area (Å²) in [5.74, 6) is 2.08. The number of hydrogen-bond acceptors (Lipinski definition) is 6. The predicted octanol–water partition coefficient (Wildman–Crippen LogP) is 3.70. The van der Waals surface area contributed by atoms with E-state index in [2.05, 4.69) is 39.7 Å². The molecule has 3 rings (SSSR count). The van der Waals surface area contributed by atoms with Crippen LogP contribution in [0.4, 0.5) is 5.82 Å². The number of nitrogens with zero attached hydrogens (tertiary/aromatic N) is 2. The van der Waals surface area contributed by atoms with Gasteiger partial charge < -0.3 is 15.8 Å². The van der Waals surface area contributed by atoms with Crippen LogP contribution in [0, 0.1) is 6.92 Å². The minimum atomic E-state index is 0. The Bertz CT molecular complexity index is 662. The fourth-order valence-corrected chi connectivity index (χ4v) is 3.79. The van der Waals surface area contributed by atoms with Gasteiger partial charge in [-0.2, -0.15) is 0 Å². The van der Waals surface area contributed by atoms with E-state index in [1.165, 1.54) is 10.4 Å². The number of rotatable bonds is 7. The fraction of sp³-hybridized carbons (Fsp3) is 0.529. The second kappa shape index (κ2) is 10.3. The highest BCUT2D eigenvalue weighted by Gasteiger charge is 2.29. The number of anilines is 1. The van der Waals surface area contributed by atoms with Gasteiger partial charge in [0.2, 0.25) is 0 Å². The quantitative estimate of drug-likeness (QED) is 0.735. The standard InChI is InChI=1S/C17H24N4OS.2ClH/c1-11-4-6-23-15(11)3-5-19-16-9-14(12-7-13(18)8-12)20-17(21-16)10-22-2;;/h4,6,9,12-13H,3,5,7-8,10,18H2,1-2H3,(H,19,20,21);2*1H. The Kier molecular flexibility index (Phi) is 9.10. The van der Waals surface area contributed by atoms with Crippen molar-refractivity contribution < 1.29 is 4.74 Å². The normalized spacial score (nSPS) is 18.7. The molecule has 140 valence electrons. The van der Waals surface area contributed by atoms with Crippen LogP contribution in [-0.2, 0) is 17.8 Å². The lowest BCUT2D eigenvalue weighted by atomic mass is 9.78. The summed E-state index contributed by atoms with van der Waals surface area (Å²) < 4.78 is 5.19. The third-order valence-corrected chi connectivity index (χ3v) is 5.37. The fourth-order valence-electron chi connectivity index (χ4n) is 2.88. The summed E-state index contributed by atoms with van der Waals surface area (Å²) in [7, 11) is 1.67. The Balaban J connectivity index is 0.00000156. The minimum absolute atomic E-state index is 0. The summed E-state index contributed by atoms with van der Waals surface area (Å²) in [4.78, 5) is 10.6. The molecule has 25 heavy (non-hydrogen) atoms. The molecule has 2 aromatic rings. The highest BCUT2D eigenvalue weighted by Crippen LogP contribution is 2.35. The van der Waals surface area contributed by atoms with E-state index in [1.54, 1.807) is 7.11 Å². The average molecular weight is 405 g/mol. The molecule has 0 aromatic carbocycles. The maximum atomic E-state index is 5.91. The van der Waals surface area contributed by atoms with E-state index in [9.17, 15) is 0 Å². The highest BCUT2D eigenvalue weighted by molar-refractivity contribution is 7.10. The van der Waals surface area contributed by atoms with E-state index >= 15 is 0 Å². The van der Waals surface area contributed by atoms with E-state index in [4.69, 9.17) is 10.5 Å². The Labute approximate surface area is 165 Å². The number of nitrogens with one attached hydrogen (secondary N) is 1. The van der Waals surface area contributed by atoms with Crippen LogP contribution in [0.5, 0.6) is 0 Å². The van der Waals surface area contributed by atoms with Gasteiger partial charge >= 0.3 is 0 Å². The van der Waals surface area contributed by atoms with Gasteiger partial charge in [-0.25, -0.2) is 9.97 Å². The van der Waals surface area contributed by atoms with Crippen molar-refractivity contribution in [3.63, 3.8) is 0 Å². The van der Waals surface area contributed by atoms with Gasteiger partial charge in [0.15, 0.2) is 5.82 Å². The van der Waals surface area contributed by atoms with Gasteiger partial charge in [0.25, 0.3) is 0 Å². The van der Waals surface area contributed by atoms with Gasteiger partial charge in [0.05, 0.1) is 0 Å². The monoisotopic (exact) mass is 404 g/mol. The zero-order chi connectivity index (χ0) is 16.2. The lowest BCUT2D eigenvalue weighted by molar-refractivity contribution is 0.177. The van der Waals surface area contributed by atoms with Crippen LogP contribution in [0.3, 0.4) is 0 Å². The number of thiophene rings is 1. The maximum absolute atomic E-state index is 5.91. The van der Waals surface area contributed by atoms with Crippen molar-refractivity contribution in [1.82, 2.24) is 9.97 Å². The molecule has 0 aliphatic heterocycles. The molecule has 0 unspecified atom stereocenters. The topological polar surface area (TPSA) is 73.1 Å². The van der Waals surface area contributed by atoms with Crippen molar-refractivity contribution in [1.29, 1.82) is 0 Å². The largest absolute Gasteiger partial charge is 0.377 e. The molecule has 8 heteroatoms. The number of halogens is 2. The van der Waals surface area contributed by atoms with Gasteiger partial charge in [-0.3, -0.25) is 0 Å². The second-order valence-electron chi connectivity index (χ2n) is 6.16. The molecule has 0 bridgehead atoms. The molecule has 5 nitrogen and oxygen atoms in total. The van der Waals surface area contributed by atoms with E-state index in [-0.39, 0.29) is 24.8 Å². The molecule has 1 fully saturated rings. The molecule has 1 aliphatic rings. The number of ether oxygens (including phenoxy) is 1. The smallest absolute Gasteiger partial charge is 0.156 e. The first kappa shape index (κ1) is 22.1. The SMILES string of the molecule is COCc1nc(NCCc2sccc2C)cc(C2CC(N)C2)n1.Cl.Cl. The molecule has 1 saturated carbocycles. The number of hydrogen-bond donors (Lipinski definition) is 2. The Morgan fingerprint density at radius 2 is 2.08 bits per heavy atom. The Morgan fingerprint density at radius 1 is 1.32 bits per heavy atom.